The average Bonchev–Trinajstić information content (AvgIpc) is 2.15. The van der Waals surface area contributed by atoms with Crippen LogP contribution in [0.3, 0.4) is 0 Å². The summed E-state index contributed by atoms with van der Waals surface area (Å²) in [5, 5.41) is 3.23. The summed E-state index contributed by atoms with van der Waals surface area (Å²) in [5.74, 6) is 0.542. The lowest BCUT2D eigenvalue weighted by Gasteiger charge is -2.34. The van der Waals surface area contributed by atoms with Gasteiger partial charge in [-0.2, -0.15) is 0 Å². The summed E-state index contributed by atoms with van der Waals surface area (Å²) in [6.45, 7) is 6.58. The second-order valence-corrected chi connectivity index (χ2v) is 4.11. The fourth-order valence-electron chi connectivity index (χ4n) is 1.61. The van der Waals surface area contributed by atoms with Crippen LogP contribution in [0.1, 0.15) is 33.1 Å². The van der Waals surface area contributed by atoms with Crippen molar-refractivity contribution in [3.63, 3.8) is 0 Å². The molecule has 0 radical (unpaired) electrons. The molecule has 0 aromatic heterocycles. The Morgan fingerprint density at radius 2 is 2.43 bits per heavy atom. The average molecular weight is 199 g/mol. The Kier molecular flexibility index (Phi) is 4.20. The molecule has 1 saturated heterocycles. The molecule has 1 aliphatic heterocycles. The number of hydrogen-bond donors (Lipinski definition) is 2. The van der Waals surface area contributed by atoms with E-state index in [1.807, 2.05) is 0 Å². The lowest BCUT2D eigenvalue weighted by molar-refractivity contribution is 0.0369. The molecule has 0 aromatic carbocycles. The van der Waals surface area contributed by atoms with Crippen LogP contribution in [0.2, 0.25) is 0 Å². The maximum absolute atomic E-state index is 5.76. The van der Waals surface area contributed by atoms with E-state index in [0.29, 0.717) is 5.96 Å². The van der Waals surface area contributed by atoms with Gasteiger partial charge in [-0.05, 0) is 26.2 Å². The predicted molar refractivity (Wildman–Crippen MR) is 58.4 cm³/mol. The minimum atomic E-state index is -0.0282. The van der Waals surface area contributed by atoms with Gasteiger partial charge in [-0.15, -0.1) is 0 Å². The number of hydrogen-bond acceptors (Lipinski definition) is 2. The van der Waals surface area contributed by atoms with Crippen molar-refractivity contribution in [2.45, 2.75) is 38.6 Å². The van der Waals surface area contributed by atoms with Crippen LogP contribution in [0.15, 0.2) is 4.99 Å². The molecule has 1 heterocycles. The molecular weight excluding hydrogens is 178 g/mol. The van der Waals surface area contributed by atoms with Crippen molar-refractivity contribution in [3.8, 4) is 0 Å². The first kappa shape index (κ1) is 11.3. The monoisotopic (exact) mass is 199 g/mol. The van der Waals surface area contributed by atoms with Gasteiger partial charge in [0.1, 0.15) is 0 Å². The van der Waals surface area contributed by atoms with Gasteiger partial charge in [-0.25, -0.2) is 0 Å². The molecule has 82 valence electrons. The maximum atomic E-state index is 5.76. The Hall–Kier alpha value is -0.770. The smallest absolute Gasteiger partial charge is 0.189 e. The van der Waals surface area contributed by atoms with Crippen molar-refractivity contribution >= 4 is 5.96 Å². The molecule has 4 heteroatoms. The van der Waals surface area contributed by atoms with E-state index in [-0.39, 0.29) is 5.54 Å². The van der Waals surface area contributed by atoms with Gasteiger partial charge in [0.2, 0.25) is 0 Å². The van der Waals surface area contributed by atoms with Crippen molar-refractivity contribution in [3.05, 3.63) is 0 Å². The SMILES string of the molecule is CCCN=C(N)NC1(C)CCCOC1. The number of aliphatic imine (C=N–C) groups is 1. The fourth-order valence-corrected chi connectivity index (χ4v) is 1.61. The number of nitrogens with one attached hydrogen (secondary N) is 1. The Balaban J connectivity index is 2.40. The molecule has 0 aromatic rings. The van der Waals surface area contributed by atoms with Crippen LogP contribution in [0.5, 0.6) is 0 Å². The molecule has 1 fully saturated rings. The van der Waals surface area contributed by atoms with Crippen LogP contribution in [0, 0.1) is 0 Å². The third-order valence-corrected chi connectivity index (χ3v) is 2.37. The number of nitrogens with zero attached hydrogens (tertiary/aromatic N) is 1. The molecule has 0 aliphatic carbocycles. The summed E-state index contributed by atoms with van der Waals surface area (Å²) in [4.78, 5) is 4.21. The van der Waals surface area contributed by atoms with Crippen LogP contribution < -0.4 is 11.1 Å². The second kappa shape index (κ2) is 5.20. The highest BCUT2D eigenvalue weighted by molar-refractivity contribution is 5.78. The van der Waals surface area contributed by atoms with Crippen LogP contribution in [0.25, 0.3) is 0 Å². The normalized spacial score (nSPS) is 28.9. The highest BCUT2D eigenvalue weighted by Gasteiger charge is 2.27. The lowest BCUT2D eigenvalue weighted by Crippen LogP contribution is -2.54. The van der Waals surface area contributed by atoms with E-state index >= 15 is 0 Å². The second-order valence-electron chi connectivity index (χ2n) is 4.11. The molecule has 1 atom stereocenters. The van der Waals surface area contributed by atoms with Gasteiger partial charge in [-0.3, -0.25) is 4.99 Å². The Morgan fingerprint density at radius 1 is 1.64 bits per heavy atom. The van der Waals surface area contributed by atoms with Gasteiger partial charge >= 0.3 is 0 Å². The van der Waals surface area contributed by atoms with E-state index in [9.17, 15) is 0 Å². The van der Waals surface area contributed by atoms with Gasteiger partial charge < -0.3 is 15.8 Å². The molecule has 0 saturated carbocycles. The van der Waals surface area contributed by atoms with E-state index < -0.39 is 0 Å². The minimum Gasteiger partial charge on any atom is -0.379 e. The summed E-state index contributed by atoms with van der Waals surface area (Å²) in [6.07, 6.45) is 3.20. The van der Waals surface area contributed by atoms with Gasteiger partial charge in [0.05, 0.1) is 12.1 Å². The quantitative estimate of drug-likeness (QED) is 0.524. The topological polar surface area (TPSA) is 59.6 Å². The minimum absolute atomic E-state index is 0.0282. The fraction of sp³-hybridized carbons (Fsp3) is 0.900. The Bertz CT molecular complexity index is 198. The lowest BCUT2D eigenvalue weighted by atomic mass is 9.95. The molecule has 1 unspecified atom stereocenters. The van der Waals surface area contributed by atoms with Gasteiger partial charge in [-0.1, -0.05) is 6.92 Å². The highest BCUT2D eigenvalue weighted by atomic mass is 16.5. The first-order chi connectivity index (χ1) is 6.66. The summed E-state index contributed by atoms with van der Waals surface area (Å²) in [7, 11) is 0. The van der Waals surface area contributed by atoms with Crippen LogP contribution in [-0.2, 0) is 4.74 Å². The van der Waals surface area contributed by atoms with Gasteiger partial charge in [0.15, 0.2) is 5.96 Å². The van der Waals surface area contributed by atoms with Crippen LogP contribution >= 0.6 is 0 Å². The molecule has 0 amide bonds. The number of ether oxygens (including phenoxy) is 1. The zero-order valence-corrected chi connectivity index (χ0v) is 9.18. The molecule has 3 N–H and O–H groups in total. The summed E-state index contributed by atoms with van der Waals surface area (Å²) in [5.41, 5.74) is 5.73. The van der Waals surface area contributed by atoms with Gasteiger partial charge in [0, 0.05) is 13.2 Å². The Labute approximate surface area is 85.9 Å². The highest BCUT2D eigenvalue weighted by Crippen LogP contribution is 2.17. The first-order valence-electron chi connectivity index (χ1n) is 5.32. The first-order valence-corrected chi connectivity index (χ1v) is 5.32. The van der Waals surface area contributed by atoms with Crippen molar-refractivity contribution in [2.24, 2.45) is 10.7 Å². The van der Waals surface area contributed by atoms with E-state index in [0.717, 1.165) is 39.0 Å². The molecule has 1 rings (SSSR count). The zero-order valence-electron chi connectivity index (χ0n) is 9.18. The van der Waals surface area contributed by atoms with Gasteiger partial charge in [0.25, 0.3) is 0 Å². The molecule has 0 bridgehead atoms. The molecule has 4 nitrogen and oxygen atoms in total. The molecular formula is C10H21N3O. The van der Waals surface area contributed by atoms with Crippen molar-refractivity contribution in [1.29, 1.82) is 0 Å². The molecule has 0 spiro atoms. The maximum Gasteiger partial charge on any atom is 0.189 e. The largest absolute Gasteiger partial charge is 0.379 e. The third-order valence-electron chi connectivity index (χ3n) is 2.37. The van der Waals surface area contributed by atoms with E-state index in [2.05, 4.69) is 24.2 Å². The summed E-state index contributed by atoms with van der Waals surface area (Å²) in [6, 6.07) is 0. The summed E-state index contributed by atoms with van der Waals surface area (Å²) >= 11 is 0. The van der Waals surface area contributed by atoms with Crippen LogP contribution in [0.4, 0.5) is 0 Å². The Morgan fingerprint density at radius 3 is 3.00 bits per heavy atom. The van der Waals surface area contributed by atoms with Crippen molar-refractivity contribution in [1.82, 2.24) is 5.32 Å². The number of rotatable bonds is 3. The van der Waals surface area contributed by atoms with E-state index in [1.54, 1.807) is 0 Å². The van der Waals surface area contributed by atoms with E-state index in [1.165, 1.54) is 0 Å². The van der Waals surface area contributed by atoms with E-state index in [4.69, 9.17) is 10.5 Å². The summed E-state index contributed by atoms with van der Waals surface area (Å²) < 4.78 is 5.42. The standard InChI is InChI=1S/C10H21N3O/c1-3-6-12-9(11)13-10(2)5-4-7-14-8-10/h3-8H2,1-2H3,(H3,11,12,13). The zero-order chi connectivity index (χ0) is 10.4. The third kappa shape index (κ3) is 3.54. The van der Waals surface area contributed by atoms with Crippen molar-refractivity contribution < 1.29 is 4.74 Å². The number of nitrogens with two attached hydrogens (primary N) is 1. The molecule has 1 aliphatic rings. The van der Waals surface area contributed by atoms with Crippen LogP contribution in [-0.4, -0.2) is 31.3 Å². The van der Waals surface area contributed by atoms with Crippen molar-refractivity contribution in [2.75, 3.05) is 19.8 Å². The number of guanidine groups is 1. The molecule has 14 heavy (non-hydrogen) atoms. The predicted octanol–water partition coefficient (Wildman–Crippen LogP) is 0.870.